The highest BCUT2D eigenvalue weighted by atomic mass is 19.4. The van der Waals surface area contributed by atoms with Crippen LogP contribution in [0.3, 0.4) is 0 Å². The zero-order valence-corrected chi connectivity index (χ0v) is 14.5. The van der Waals surface area contributed by atoms with Crippen LogP contribution in [0.15, 0.2) is 0 Å². The van der Waals surface area contributed by atoms with Gasteiger partial charge in [0.05, 0.1) is 6.54 Å². The number of carbonyl (C=O) groups is 2. The first-order chi connectivity index (χ1) is 10.1. The Balaban J connectivity index is 4.93. The highest BCUT2D eigenvalue weighted by Crippen LogP contribution is 2.29. The Morgan fingerprint density at radius 3 is 1.91 bits per heavy atom. The summed E-state index contributed by atoms with van der Waals surface area (Å²) in [6, 6.07) is -0.953. The van der Waals surface area contributed by atoms with Crippen LogP contribution in [0, 0.1) is 11.3 Å². The molecule has 136 valence electrons. The second-order valence-electron chi connectivity index (χ2n) is 7.40. The van der Waals surface area contributed by atoms with Gasteiger partial charge in [-0.3, -0.25) is 9.59 Å². The highest BCUT2D eigenvalue weighted by Gasteiger charge is 2.50. The van der Waals surface area contributed by atoms with Gasteiger partial charge < -0.3 is 15.7 Å². The molecule has 0 rings (SSSR count). The molecule has 0 heterocycles. The van der Waals surface area contributed by atoms with E-state index in [0.717, 1.165) is 0 Å². The standard InChI is InChI=1S/C15H27F3N2O3/c1-9(2)7-10(20-12(22)13(3,4)5)11(21)19-8-14(6,23)15(16,17)18/h9-10,23H,7-8H2,1-6H3,(H,19,21)(H,20,22)/t10-,14+/m0/s1. The second-order valence-corrected chi connectivity index (χ2v) is 7.40. The fourth-order valence-corrected chi connectivity index (χ4v) is 1.56. The molecule has 23 heavy (non-hydrogen) atoms. The smallest absolute Gasteiger partial charge is 0.379 e. The minimum absolute atomic E-state index is 0.0501. The van der Waals surface area contributed by atoms with Gasteiger partial charge in [0.25, 0.3) is 0 Å². The lowest BCUT2D eigenvalue weighted by Gasteiger charge is -2.29. The predicted octanol–water partition coefficient (Wildman–Crippen LogP) is 1.99. The third-order valence-electron chi connectivity index (χ3n) is 3.23. The first-order valence-corrected chi connectivity index (χ1v) is 7.45. The number of alkyl halides is 3. The van der Waals surface area contributed by atoms with Gasteiger partial charge in [0.2, 0.25) is 11.8 Å². The average Bonchev–Trinajstić information content (AvgIpc) is 2.31. The van der Waals surface area contributed by atoms with Crippen LogP contribution in [0.1, 0.15) is 48.0 Å². The number of rotatable bonds is 6. The molecule has 2 atom stereocenters. The summed E-state index contributed by atoms with van der Waals surface area (Å²) in [7, 11) is 0. The molecular weight excluding hydrogens is 313 g/mol. The molecule has 0 bridgehead atoms. The van der Waals surface area contributed by atoms with E-state index in [-0.39, 0.29) is 18.2 Å². The molecule has 0 aliphatic rings. The number of hydrogen-bond acceptors (Lipinski definition) is 3. The fraction of sp³-hybridized carbons (Fsp3) is 0.867. The summed E-state index contributed by atoms with van der Waals surface area (Å²) in [5.41, 5.74) is -3.76. The van der Waals surface area contributed by atoms with E-state index in [0.29, 0.717) is 6.92 Å². The Kier molecular flexibility index (Phi) is 7.08. The van der Waals surface area contributed by atoms with Crippen molar-refractivity contribution in [1.82, 2.24) is 10.6 Å². The van der Waals surface area contributed by atoms with Crippen molar-refractivity contribution >= 4 is 11.8 Å². The highest BCUT2D eigenvalue weighted by molar-refractivity contribution is 5.89. The largest absolute Gasteiger partial charge is 0.418 e. The molecule has 0 aromatic rings. The molecule has 5 nitrogen and oxygen atoms in total. The maximum Gasteiger partial charge on any atom is 0.418 e. The van der Waals surface area contributed by atoms with Crippen LogP contribution in [-0.2, 0) is 9.59 Å². The van der Waals surface area contributed by atoms with Gasteiger partial charge in [0.15, 0.2) is 5.60 Å². The van der Waals surface area contributed by atoms with Crippen molar-refractivity contribution in [2.45, 2.75) is 65.8 Å². The number of hydrogen-bond donors (Lipinski definition) is 3. The van der Waals surface area contributed by atoms with E-state index in [2.05, 4.69) is 10.6 Å². The summed E-state index contributed by atoms with van der Waals surface area (Å²) >= 11 is 0. The van der Waals surface area contributed by atoms with Crippen molar-refractivity contribution in [2.24, 2.45) is 11.3 Å². The number of aliphatic hydroxyl groups is 1. The third-order valence-corrected chi connectivity index (χ3v) is 3.23. The molecule has 0 saturated carbocycles. The molecule has 8 heteroatoms. The van der Waals surface area contributed by atoms with E-state index in [1.165, 1.54) is 0 Å². The first-order valence-electron chi connectivity index (χ1n) is 7.45. The lowest BCUT2D eigenvalue weighted by Crippen LogP contribution is -2.56. The van der Waals surface area contributed by atoms with E-state index in [1.807, 2.05) is 13.8 Å². The summed E-state index contributed by atoms with van der Waals surface area (Å²) in [6.07, 6.45) is -4.58. The van der Waals surface area contributed by atoms with Crippen molar-refractivity contribution in [1.29, 1.82) is 0 Å². The van der Waals surface area contributed by atoms with Crippen molar-refractivity contribution in [3.8, 4) is 0 Å². The van der Waals surface area contributed by atoms with E-state index in [9.17, 15) is 27.9 Å². The van der Waals surface area contributed by atoms with Crippen LogP contribution in [0.2, 0.25) is 0 Å². The van der Waals surface area contributed by atoms with Crippen molar-refractivity contribution in [3.05, 3.63) is 0 Å². The Morgan fingerprint density at radius 2 is 1.57 bits per heavy atom. The maximum atomic E-state index is 12.6. The molecule has 3 N–H and O–H groups in total. The molecule has 0 radical (unpaired) electrons. The van der Waals surface area contributed by atoms with Gasteiger partial charge in [-0.2, -0.15) is 13.2 Å². The van der Waals surface area contributed by atoms with Gasteiger partial charge in [-0.25, -0.2) is 0 Å². The fourth-order valence-electron chi connectivity index (χ4n) is 1.56. The van der Waals surface area contributed by atoms with Gasteiger partial charge in [-0.15, -0.1) is 0 Å². The normalized spacial score (nSPS) is 16.7. The minimum atomic E-state index is -4.86. The van der Waals surface area contributed by atoms with Crippen LogP contribution in [0.25, 0.3) is 0 Å². The number of carbonyl (C=O) groups excluding carboxylic acids is 2. The Labute approximate surface area is 135 Å². The quantitative estimate of drug-likeness (QED) is 0.692. The van der Waals surface area contributed by atoms with Crippen molar-refractivity contribution < 1.29 is 27.9 Å². The Hall–Kier alpha value is -1.31. The summed E-state index contributed by atoms with van der Waals surface area (Å²) in [4.78, 5) is 24.1. The molecule has 0 aromatic carbocycles. The van der Waals surface area contributed by atoms with E-state index in [4.69, 9.17) is 0 Å². The molecular formula is C15H27F3N2O3. The molecule has 0 saturated heterocycles. The van der Waals surface area contributed by atoms with Gasteiger partial charge in [0.1, 0.15) is 6.04 Å². The lowest BCUT2D eigenvalue weighted by molar-refractivity contribution is -0.250. The van der Waals surface area contributed by atoms with Crippen molar-refractivity contribution in [2.75, 3.05) is 6.54 Å². The summed E-state index contributed by atoms with van der Waals surface area (Å²) in [6.45, 7) is 8.27. The van der Waals surface area contributed by atoms with Crippen LogP contribution in [-0.4, -0.2) is 41.3 Å². The van der Waals surface area contributed by atoms with E-state index >= 15 is 0 Å². The van der Waals surface area contributed by atoms with E-state index in [1.54, 1.807) is 20.8 Å². The molecule has 0 aromatic heterocycles. The second kappa shape index (κ2) is 7.51. The van der Waals surface area contributed by atoms with Gasteiger partial charge in [-0.05, 0) is 19.3 Å². The monoisotopic (exact) mass is 340 g/mol. The Morgan fingerprint density at radius 1 is 1.09 bits per heavy atom. The zero-order valence-electron chi connectivity index (χ0n) is 14.5. The lowest BCUT2D eigenvalue weighted by atomic mass is 9.94. The summed E-state index contributed by atoms with van der Waals surface area (Å²) in [5, 5.41) is 14.0. The van der Waals surface area contributed by atoms with Gasteiger partial charge >= 0.3 is 6.18 Å². The van der Waals surface area contributed by atoms with Crippen LogP contribution in [0.5, 0.6) is 0 Å². The molecule has 0 aliphatic heterocycles. The summed E-state index contributed by atoms with van der Waals surface area (Å²) in [5.74, 6) is -1.07. The Bertz CT molecular complexity index is 427. The van der Waals surface area contributed by atoms with Crippen LogP contribution < -0.4 is 10.6 Å². The maximum absolute atomic E-state index is 12.6. The molecule has 0 spiro atoms. The number of nitrogens with one attached hydrogen (secondary N) is 2. The average molecular weight is 340 g/mol. The third kappa shape index (κ3) is 7.20. The molecule has 0 fully saturated rings. The van der Waals surface area contributed by atoms with Crippen LogP contribution in [0.4, 0.5) is 13.2 Å². The van der Waals surface area contributed by atoms with Gasteiger partial charge in [-0.1, -0.05) is 34.6 Å². The minimum Gasteiger partial charge on any atom is -0.379 e. The van der Waals surface area contributed by atoms with Crippen molar-refractivity contribution in [3.63, 3.8) is 0 Å². The van der Waals surface area contributed by atoms with E-state index < -0.39 is 35.7 Å². The molecule has 0 unspecified atom stereocenters. The number of amides is 2. The predicted molar refractivity (Wildman–Crippen MR) is 80.5 cm³/mol. The molecule has 0 aliphatic carbocycles. The molecule has 2 amide bonds. The van der Waals surface area contributed by atoms with Crippen LogP contribution >= 0.6 is 0 Å². The topological polar surface area (TPSA) is 78.4 Å². The summed E-state index contributed by atoms with van der Waals surface area (Å²) < 4.78 is 37.8. The SMILES string of the molecule is CC(C)C[C@H](NC(=O)C(C)(C)C)C(=O)NC[C@@](C)(O)C(F)(F)F. The zero-order chi connectivity index (χ0) is 18.6. The number of halogens is 3. The van der Waals surface area contributed by atoms with Gasteiger partial charge in [0, 0.05) is 5.41 Å². The first kappa shape index (κ1) is 21.7.